The highest BCUT2D eigenvalue weighted by Crippen LogP contribution is 2.35. The Kier molecular flexibility index (Phi) is 6.25. The van der Waals surface area contributed by atoms with E-state index in [0.717, 1.165) is 19.5 Å². The number of aliphatic hydroxyl groups excluding tert-OH is 1. The molecule has 2 N–H and O–H groups in total. The van der Waals surface area contributed by atoms with Gasteiger partial charge >= 0.3 is 0 Å². The molecule has 0 bridgehead atoms. The summed E-state index contributed by atoms with van der Waals surface area (Å²) < 4.78 is 0. The van der Waals surface area contributed by atoms with Gasteiger partial charge in [0.25, 0.3) is 0 Å². The van der Waals surface area contributed by atoms with Crippen molar-refractivity contribution < 1.29 is 5.11 Å². The van der Waals surface area contributed by atoms with E-state index in [1.807, 2.05) is 0 Å². The maximum absolute atomic E-state index is 9.72. The summed E-state index contributed by atoms with van der Waals surface area (Å²) in [5, 5.41) is 13.3. The van der Waals surface area contributed by atoms with Crippen LogP contribution in [-0.2, 0) is 13.0 Å². The maximum Gasteiger partial charge on any atom is 0.0499 e. The van der Waals surface area contributed by atoms with Crippen molar-refractivity contribution in [1.82, 2.24) is 5.32 Å². The molecule has 1 aromatic carbocycles. The zero-order valence-corrected chi connectivity index (χ0v) is 13.7. The van der Waals surface area contributed by atoms with Gasteiger partial charge in [-0.15, -0.1) is 0 Å². The summed E-state index contributed by atoms with van der Waals surface area (Å²) in [7, 11) is 0. The van der Waals surface area contributed by atoms with Gasteiger partial charge in [0.05, 0.1) is 0 Å². The lowest BCUT2D eigenvalue weighted by Gasteiger charge is -2.35. The summed E-state index contributed by atoms with van der Waals surface area (Å²) in [5.41, 5.74) is 2.90. The quantitative estimate of drug-likeness (QED) is 0.797. The molecule has 1 aliphatic rings. The van der Waals surface area contributed by atoms with E-state index in [-0.39, 0.29) is 5.41 Å². The zero-order chi connectivity index (χ0) is 15.1. The Morgan fingerprint density at radius 3 is 2.24 bits per heavy atom. The topological polar surface area (TPSA) is 32.3 Å². The van der Waals surface area contributed by atoms with E-state index in [2.05, 4.69) is 43.4 Å². The summed E-state index contributed by atoms with van der Waals surface area (Å²) in [4.78, 5) is 0. The first-order chi connectivity index (χ1) is 10.1. The highest BCUT2D eigenvalue weighted by atomic mass is 16.3. The molecule has 1 fully saturated rings. The van der Waals surface area contributed by atoms with Crippen LogP contribution in [0.25, 0.3) is 0 Å². The van der Waals surface area contributed by atoms with Crippen molar-refractivity contribution in [2.75, 3.05) is 13.2 Å². The summed E-state index contributed by atoms with van der Waals surface area (Å²) in [6.07, 6.45) is 7.37. The second-order valence-electron chi connectivity index (χ2n) is 7.24. The molecule has 2 heteroatoms. The normalized spacial score (nSPS) is 18.1. The molecular weight excluding hydrogens is 258 g/mol. The van der Waals surface area contributed by atoms with E-state index in [1.165, 1.54) is 43.2 Å². The average molecular weight is 289 g/mol. The molecule has 0 radical (unpaired) electrons. The molecule has 118 valence electrons. The molecule has 0 saturated heterocycles. The highest BCUT2D eigenvalue weighted by molar-refractivity contribution is 5.22. The standard InChI is InChI=1S/C19H31NO/c1-16(2)12-17-6-8-18(9-7-17)13-20-14-19(15-21)10-4-3-5-11-19/h6-9,16,20-21H,3-5,10-15H2,1-2H3. The van der Waals surface area contributed by atoms with Crippen LogP contribution in [0, 0.1) is 11.3 Å². The number of rotatable bonds is 7. The Labute approximate surface area is 130 Å². The molecule has 0 unspecified atom stereocenters. The average Bonchev–Trinajstić information content (AvgIpc) is 2.49. The van der Waals surface area contributed by atoms with E-state index in [9.17, 15) is 5.11 Å². The minimum absolute atomic E-state index is 0.135. The van der Waals surface area contributed by atoms with Crippen LogP contribution in [0.15, 0.2) is 24.3 Å². The molecule has 0 aliphatic heterocycles. The molecule has 2 nitrogen and oxygen atoms in total. The van der Waals surface area contributed by atoms with Crippen LogP contribution in [0.5, 0.6) is 0 Å². The van der Waals surface area contributed by atoms with Crippen molar-refractivity contribution in [1.29, 1.82) is 0 Å². The van der Waals surface area contributed by atoms with Crippen molar-refractivity contribution in [3.63, 3.8) is 0 Å². The molecular formula is C19H31NO. The monoisotopic (exact) mass is 289 g/mol. The van der Waals surface area contributed by atoms with Crippen molar-refractivity contribution in [2.45, 2.75) is 58.9 Å². The van der Waals surface area contributed by atoms with Gasteiger partial charge in [0.15, 0.2) is 0 Å². The molecule has 2 rings (SSSR count). The van der Waals surface area contributed by atoms with Crippen LogP contribution in [0.2, 0.25) is 0 Å². The second kappa shape index (κ2) is 7.95. The van der Waals surface area contributed by atoms with Crippen LogP contribution in [0.1, 0.15) is 57.1 Å². The van der Waals surface area contributed by atoms with Crippen molar-refractivity contribution >= 4 is 0 Å². The Bertz CT molecular complexity index is 404. The SMILES string of the molecule is CC(C)Cc1ccc(CNCC2(CO)CCCCC2)cc1. The summed E-state index contributed by atoms with van der Waals surface area (Å²) >= 11 is 0. The summed E-state index contributed by atoms with van der Waals surface area (Å²) in [6, 6.07) is 8.97. The van der Waals surface area contributed by atoms with Crippen LogP contribution >= 0.6 is 0 Å². The molecule has 0 spiro atoms. The first-order valence-electron chi connectivity index (χ1n) is 8.53. The van der Waals surface area contributed by atoms with Crippen LogP contribution < -0.4 is 5.32 Å². The third-order valence-electron chi connectivity index (χ3n) is 4.75. The lowest BCUT2D eigenvalue weighted by molar-refractivity contribution is 0.0810. The van der Waals surface area contributed by atoms with Crippen LogP contribution in [-0.4, -0.2) is 18.3 Å². The van der Waals surface area contributed by atoms with Gasteiger partial charge in [-0.3, -0.25) is 0 Å². The van der Waals surface area contributed by atoms with E-state index in [0.29, 0.717) is 12.5 Å². The molecule has 0 atom stereocenters. The van der Waals surface area contributed by atoms with Gasteiger partial charge in [-0.2, -0.15) is 0 Å². The fourth-order valence-electron chi connectivity index (χ4n) is 3.43. The molecule has 1 saturated carbocycles. The lowest BCUT2D eigenvalue weighted by atomic mass is 9.74. The van der Waals surface area contributed by atoms with Gasteiger partial charge in [-0.05, 0) is 36.3 Å². The molecule has 1 aromatic rings. The van der Waals surface area contributed by atoms with E-state index in [1.54, 1.807) is 0 Å². The molecule has 21 heavy (non-hydrogen) atoms. The van der Waals surface area contributed by atoms with E-state index >= 15 is 0 Å². The Morgan fingerprint density at radius 1 is 1.05 bits per heavy atom. The van der Waals surface area contributed by atoms with Crippen molar-refractivity contribution in [3.8, 4) is 0 Å². The fourth-order valence-corrected chi connectivity index (χ4v) is 3.43. The Hall–Kier alpha value is -0.860. The van der Waals surface area contributed by atoms with Gasteiger partial charge in [-0.1, -0.05) is 57.4 Å². The molecule has 1 aliphatic carbocycles. The molecule has 0 aromatic heterocycles. The van der Waals surface area contributed by atoms with Gasteiger partial charge in [0, 0.05) is 25.1 Å². The van der Waals surface area contributed by atoms with Gasteiger partial charge in [0.1, 0.15) is 0 Å². The van der Waals surface area contributed by atoms with Gasteiger partial charge in [0.2, 0.25) is 0 Å². The number of aliphatic hydroxyl groups is 1. The third-order valence-corrected chi connectivity index (χ3v) is 4.75. The number of nitrogens with one attached hydrogen (secondary N) is 1. The smallest absolute Gasteiger partial charge is 0.0499 e. The second-order valence-corrected chi connectivity index (χ2v) is 7.24. The molecule has 0 heterocycles. The zero-order valence-electron chi connectivity index (χ0n) is 13.7. The maximum atomic E-state index is 9.72. The molecule has 0 amide bonds. The predicted octanol–water partition coefficient (Wildman–Crippen LogP) is 3.92. The van der Waals surface area contributed by atoms with Crippen molar-refractivity contribution in [3.05, 3.63) is 35.4 Å². The minimum Gasteiger partial charge on any atom is -0.396 e. The summed E-state index contributed by atoms with van der Waals surface area (Å²) in [5.74, 6) is 0.713. The Morgan fingerprint density at radius 2 is 1.67 bits per heavy atom. The van der Waals surface area contributed by atoms with E-state index in [4.69, 9.17) is 0 Å². The lowest BCUT2D eigenvalue weighted by Crippen LogP contribution is -2.38. The van der Waals surface area contributed by atoms with Gasteiger partial charge < -0.3 is 10.4 Å². The number of hydrogen-bond acceptors (Lipinski definition) is 2. The van der Waals surface area contributed by atoms with Crippen molar-refractivity contribution in [2.24, 2.45) is 11.3 Å². The highest BCUT2D eigenvalue weighted by Gasteiger charge is 2.30. The first kappa shape index (κ1) is 16.5. The Balaban J connectivity index is 1.79. The largest absolute Gasteiger partial charge is 0.396 e. The predicted molar refractivity (Wildman–Crippen MR) is 89.3 cm³/mol. The third kappa shape index (κ3) is 5.12. The van der Waals surface area contributed by atoms with Gasteiger partial charge in [-0.25, -0.2) is 0 Å². The van der Waals surface area contributed by atoms with Crippen LogP contribution in [0.3, 0.4) is 0 Å². The van der Waals surface area contributed by atoms with Crippen LogP contribution in [0.4, 0.5) is 0 Å². The number of hydrogen-bond donors (Lipinski definition) is 2. The fraction of sp³-hybridized carbons (Fsp3) is 0.684. The minimum atomic E-state index is 0.135. The summed E-state index contributed by atoms with van der Waals surface area (Å²) in [6.45, 7) is 6.69. The number of benzene rings is 1. The van der Waals surface area contributed by atoms with E-state index < -0.39 is 0 Å². The first-order valence-corrected chi connectivity index (χ1v) is 8.53.